The van der Waals surface area contributed by atoms with Gasteiger partial charge in [0.1, 0.15) is 11.2 Å². The molecule has 1 aliphatic rings. The molecule has 10 aromatic rings. The summed E-state index contributed by atoms with van der Waals surface area (Å²) in [7, 11) is 0. The first-order valence-electron chi connectivity index (χ1n) is 18.3. The standard InChI is InChI=1S/C49H32N4O/c1-49(2)38-22-12-9-19-32(38)33-26-25-31(27-39(33)49)44-36-28-37(48-52-46(29-15-5-3-6-16-29)51-47(53-48)30-17-7-4-8-18-30)45-43(35-21-11-14-24-41(35)54-45)42(36)34-20-10-13-23-40(34)50-44/h3-28H,1-2H3. The molecular weight excluding hydrogens is 661 g/mol. The van der Waals surface area contributed by atoms with E-state index >= 15 is 0 Å². The summed E-state index contributed by atoms with van der Waals surface area (Å²) >= 11 is 0. The van der Waals surface area contributed by atoms with Gasteiger partial charge in [-0.1, -0.05) is 147 Å². The van der Waals surface area contributed by atoms with Crippen LogP contribution in [0.1, 0.15) is 25.0 Å². The molecule has 254 valence electrons. The van der Waals surface area contributed by atoms with Crippen molar-refractivity contribution >= 4 is 43.6 Å². The Bertz CT molecular complexity index is 3070. The summed E-state index contributed by atoms with van der Waals surface area (Å²) in [6.07, 6.45) is 0. The Morgan fingerprint density at radius 1 is 0.426 bits per heavy atom. The largest absolute Gasteiger partial charge is 0.455 e. The highest BCUT2D eigenvalue weighted by Crippen LogP contribution is 2.51. The molecule has 0 fully saturated rings. The van der Waals surface area contributed by atoms with E-state index in [9.17, 15) is 0 Å². The fraction of sp³-hybridized carbons (Fsp3) is 0.0612. The summed E-state index contributed by atoms with van der Waals surface area (Å²) in [4.78, 5) is 20.8. The molecule has 5 heteroatoms. The van der Waals surface area contributed by atoms with E-state index < -0.39 is 0 Å². The topological polar surface area (TPSA) is 64.7 Å². The van der Waals surface area contributed by atoms with Gasteiger partial charge >= 0.3 is 0 Å². The minimum atomic E-state index is -0.152. The molecule has 3 heterocycles. The van der Waals surface area contributed by atoms with Crippen LogP contribution in [0.2, 0.25) is 0 Å². The third-order valence-electron chi connectivity index (χ3n) is 11.1. The van der Waals surface area contributed by atoms with E-state index in [4.69, 9.17) is 24.4 Å². The van der Waals surface area contributed by atoms with Crippen LogP contribution in [0.15, 0.2) is 162 Å². The van der Waals surface area contributed by atoms with E-state index in [0.29, 0.717) is 17.5 Å². The Labute approximate surface area is 311 Å². The van der Waals surface area contributed by atoms with Crippen molar-refractivity contribution in [1.82, 2.24) is 19.9 Å². The summed E-state index contributed by atoms with van der Waals surface area (Å²) in [5.74, 6) is 1.74. The van der Waals surface area contributed by atoms with E-state index in [1.54, 1.807) is 0 Å². The zero-order chi connectivity index (χ0) is 36.0. The summed E-state index contributed by atoms with van der Waals surface area (Å²) in [5, 5.41) is 5.24. The van der Waals surface area contributed by atoms with Crippen LogP contribution in [0, 0.1) is 0 Å². The van der Waals surface area contributed by atoms with Crippen molar-refractivity contribution in [1.29, 1.82) is 0 Å². The first-order chi connectivity index (χ1) is 26.5. The van der Waals surface area contributed by atoms with Crippen molar-refractivity contribution in [2.45, 2.75) is 19.3 Å². The zero-order valence-electron chi connectivity index (χ0n) is 29.7. The number of fused-ring (bicyclic) bond motifs is 10. The molecule has 0 unspecified atom stereocenters. The number of benzene rings is 7. The van der Waals surface area contributed by atoms with Gasteiger partial charge < -0.3 is 4.42 Å². The Morgan fingerprint density at radius 3 is 1.80 bits per heavy atom. The average Bonchev–Trinajstić information content (AvgIpc) is 3.73. The van der Waals surface area contributed by atoms with Crippen molar-refractivity contribution in [2.24, 2.45) is 0 Å². The number of rotatable bonds is 4. The molecule has 11 rings (SSSR count). The number of hydrogen-bond acceptors (Lipinski definition) is 5. The van der Waals surface area contributed by atoms with Crippen LogP contribution in [-0.2, 0) is 5.41 Å². The van der Waals surface area contributed by atoms with Crippen LogP contribution in [0.5, 0.6) is 0 Å². The van der Waals surface area contributed by atoms with E-state index in [0.717, 1.165) is 71.6 Å². The minimum absolute atomic E-state index is 0.152. The fourth-order valence-electron chi connectivity index (χ4n) is 8.50. The molecule has 0 bridgehead atoms. The molecule has 54 heavy (non-hydrogen) atoms. The molecule has 0 saturated heterocycles. The molecule has 0 N–H and O–H groups in total. The van der Waals surface area contributed by atoms with Gasteiger partial charge in [-0.05, 0) is 46.5 Å². The SMILES string of the molecule is CC1(C)c2ccccc2-c2ccc(-c3nc4ccccc4c4c3cc(-c3nc(-c5ccccc5)nc(-c5ccccc5)n3)c3oc5ccccc5c34)cc21. The van der Waals surface area contributed by atoms with Crippen molar-refractivity contribution in [2.75, 3.05) is 0 Å². The van der Waals surface area contributed by atoms with Gasteiger partial charge in [0.05, 0.1) is 16.8 Å². The van der Waals surface area contributed by atoms with Gasteiger partial charge in [0.15, 0.2) is 17.5 Å². The third kappa shape index (κ3) is 4.51. The number of nitrogens with zero attached hydrogens (tertiary/aromatic N) is 4. The van der Waals surface area contributed by atoms with Gasteiger partial charge in [-0.3, -0.25) is 0 Å². The molecule has 0 saturated carbocycles. The van der Waals surface area contributed by atoms with E-state index in [1.807, 2.05) is 72.8 Å². The molecule has 3 aromatic heterocycles. The third-order valence-corrected chi connectivity index (χ3v) is 11.1. The molecular formula is C49H32N4O. The van der Waals surface area contributed by atoms with Crippen LogP contribution >= 0.6 is 0 Å². The van der Waals surface area contributed by atoms with Gasteiger partial charge in [0.25, 0.3) is 0 Å². The van der Waals surface area contributed by atoms with Crippen LogP contribution in [0.3, 0.4) is 0 Å². The summed E-state index contributed by atoms with van der Waals surface area (Å²) in [5.41, 5.74) is 12.1. The lowest BCUT2D eigenvalue weighted by Crippen LogP contribution is -2.14. The Kier molecular flexibility index (Phi) is 6.53. The Balaban J connectivity index is 1.26. The summed E-state index contributed by atoms with van der Waals surface area (Å²) in [6.45, 7) is 4.64. The van der Waals surface area contributed by atoms with Gasteiger partial charge in [-0.2, -0.15) is 0 Å². The maximum Gasteiger partial charge on any atom is 0.167 e. The second-order valence-electron chi connectivity index (χ2n) is 14.6. The predicted molar refractivity (Wildman–Crippen MR) is 219 cm³/mol. The van der Waals surface area contributed by atoms with Crippen molar-refractivity contribution in [3.63, 3.8) is 0 Å². The zero-order valence-corrected chi connectivity index (χ0v) is 29.7. The fourth-order valence-corrected chi connectivity index (χ4v) is 8.50. The second kappa shape index (κ2) is 11.5. The molecule has 0 aliphatic heterocycles. The Hall–Kier alpha value is -6.98. The lowest BCUT2D eigenvalue weighted by atomic mass is 9.81. The van der Waals surface area contributed by atoms with E-state index in [-0.39, 0.29) is 5.41 Å². The molecule has 1 aliphatic carbocycles. The Morgan fingerprint density at radius 2 is 1.04 bits per heavy atom. The van der Waals surface area contributed by atoms with E-state index in [2.05, 4.69) is 98.8 Å². The number of pyridine rings is 1. The second-order valence-corrected chi connectivity index (χ2v) is 14.6. The molecule has 0 atom stereocenters. The summed E-state index contributed by atoms with van der Waals surface area (Å²) < 4.78 is 6.83. The van der Waals surface area contributed by atoms with Crippen molar-refractivity contribution in [3.8, 4) is 56.5 Å². The number of hydrogen-bond donors (Lipinski definition) is 0. The highest BCUT2D eigenvalue weighted by Gasteiger charge is 2.35. The van der Waals surface area contributed by atoms with E-state index in [1.165, 1.54) is 22.3 Å². The maximum absolute atomic E-state index is 6.83. The van der Waals surface area contributed by atoms with Crippen LogP contribution in [0.4, 0.5) is 0 Å². The monoisotopic (exact) mass is 692 g/mol. The molecule has 7 aromatic carbocycles. The molecule has 0 radical (unpaired) electrons. The van der Waals surface area contributed by atoms with Gasteiger partial charge in [-0.15, -0.1) is 0 Å². The maximum atomic E-state index is 6.83. The number of aromatic nitrogens is 4. The lowest BCUT2D eigenvalue weighted by Gasteiger charge is -2.22. The normalized spacial score (nSPS) is 13.1. The van der Waals surface area contributed by atoms with Crippen LogP contribution < -0.4 is 0 Å². The highest BCUT2D eigenvalue weighted by atomic mass is 16.3. The van der Waals surface area contributed by atoms with Crippen molar-refractivity contribution < 1.29 is 4.42 Å². The van der Waals surface area contributed by atoms with Crippen LogP contribution in [0.25, 0.3) is 100 Å². The van der Waals surface area contributed by atoms with Gasteiger partial charge in [0, 0.05) is 49.0 Å². The first kappa shape index (κ1) is 30.6. The molecule has 5 nitrogen and oxygen atoms in total. The first-order valence-corrected chi connectivity index (χ1v) is 18.3. The van der Waals surface area contributed by atoms with Crippen LogP contribution in [-0.4, -0.2) is 19.9 Å². The molecule has 0 amide bonds. The van der Waals surface area contributed by atoms with Crippen molar-refractivity contribution in [3.05, 3.63) is 169 Å². The number of furan rings is 1. The average molecular weight is 693 g/mol. The quantitative estimate of drug-likeness (QED) is 0.172. The highest BCUT2D eigenvalue weighted by molar-refractivity contribution is 6.30. The summed E-state index contributed by atoms with van der Waals surface area (Å²) in [6, 6.07) is 54.7. The smallest absolute Gasteiger partial charge is 0.167 e. The molecule has 0 spiro atoms. The lowest BCUT2D eigenvalue weighted by molar-refractivity contribution is 0.660. The van der Waals surface area contributed by atoms with Gasteiger partial charge in [0.2, 0.25) is 0 Å². The predicted octanol–water partition coefficient (Wildman–Crippen LogP) is 12.4. The van der Waals surface area contributed by atoms with Gasteiger partial charge in [-0.25, -0.2) is 19.9 Å². The number of para-hydroxylation sites is 2. The minimum Gasteiger partial charge on any atom is -0.455 e.